The molecule has 0 N–H and O–H groups in total. The summed E-state index contributed by atoms with van der Waals surface area (Å²) in [5.74, 6) is 0.929. The summed E-state index contributed by atoms with van der Waals surface area (Å²) in [6.07, 6.45) is 2.65. The summed E-state index contributed by atoms with van der Waals surface area (Å²) in [6, 6.07) is 0. The first-order valence-corrected chi connectivity index (χ1v) is 4.63. The minimum absolute atomic E-state index is 0.929. The molecule has 1 aliphatic heterocycles. The van der Waals surface area contributed by atoms with Crippen LogP contribution in [0.15, 0.2) is 0 Å². The topological polar surface area (TPSA) is 3.24 Å². The summed E-state index contributed by atoms with van der Waals surface area (Å²) in [7, 11) is 0. The molecule has 0 unspecified atom stereocenters. The Hall–Kier alpha value is 0.310. The van der Waals surface area contributed by atoms with Crippen LogP contribution < -0.4 is 0 Å². The van der Waals surface area contributed by atoms with Gasteiger partial charge in [-0.3, -0.25) is 4.31 Å². The lowest BCUT2D eigenvalue weighted by Crippen LogP contribution is -2.24. The van der Waals surface area contributed by atoms with Crippen molar-refractivity contribution in [3.05, 3.63) is 0 Å². The van der Waals surface area contributed by atoms with Crippen LogP contribution >= 0.6 is 12.8 Å². The fraction of sp³-hybridized carbons (Fsp3) is 1.00. The molecule has 10 heavy (non-hydrogen) atoms. The molecule has 1 fully saturated rings. The average Bonchev–Trinajstić information content (AvgIpc) is 2.00. The zero-order valence-electron chi connectivity index (χ0n) is 7.30. The Bertz CT molecular complexity index is 57.7. The summed E-state index contributed by atoms with van der Waals surface area (Å²) in [4.78, 5) is 0. The lowest BCUT2D eigenvalue weighted by atomic mass is 10.0. The fourth-order valence-electron chi connectivity index (χ4n) is 0.995. The number of rotatable bonds is 0. The smallest absolute Gasteiger partial charge is 0.00895 e. The van der Waals surface area contributed by atoms with E-state index in [1.807, 2.05) is 13.8 Å². The Morgan fingerprint density at radius 3 is 1.90 bits per heavy atom. The van der Waals surface area contributed by atoms with E-state index in [0.717, 1.165) is 5.92 Å². The maximum Gasteiger partial charge on any atom is 0.00895 e. The van der Waals surface area contributed by atoms with Crippen LogP contribution in [-0.2, 0) is 0 Å². The van der Waals surface area contributed by atoms with E-state index in [0.29, 0.717) is 0 Å². The van der Waals surface area contributed by atoms with Crippen LogP contribution in [0.25, 0.3) is 0 Å². The van der Waals surface area contributed by atoms with Gasteiger partial charge >= 0.3 is 0 Å². The molecule has 0 aromatic heterocycles. The van der Waals surface area contributed by atoms with Crippen molar-refractivity contribution in [2.45, 2.75) is 33.6 Å². The van der Waals surface area contributed by atoms with Gasteiger partial charge in [-0.05, 0) is 18.8 Å². The second kappa shape index (κ2) is 6.05. The van der Waals surface area contributed by atoms with Crippen molar-refractivity contribution in [3.63, 3.8) is 0 Å². The molecule has 1 heterocycles. The van der Waals surface area contributed by atoms with E-state index in [1.54, 1.807) is 0 Å². The number of thiol groups is 1. The predicted octanol–water partition coefficient (Wildman–Crippen LogP) is 2.59. The highest BCUT2D eigenvalue weighted by molar-refractivity contribution is 7.77. The Kier molecular flexibility index (Phi) is 6.24. The van der Waals surface area contributed by atoms with Crippen LogP contribution in [-0.4, -0.2) is 17.4 Å². The molecule has 0 bridgehead atoms. The molecule has 1 rings (SSSR count). The van der Waals surface area contributed by atoms with Crippen LogP contribution in [0, 0.1) is 5.92 Å². The van der Waals surface area contributed by atoms with E-state index < -0.39 is 0 Å². The molecule has 0 aliphatic carbocycles. The molecule has 0 spiro atoms. The van der Waals surface area contributed by atoms with Crippen LogP contribution in [0.5, 0.6) is 0 Å². The number of hydrogen-bond donors (Lipinski definition) is 1. The molecule has 0 saturated carbocycles. The van der Waals surface area contributed by atoms with Gasteiger partial charge in [0.05, 0.1) is 0 Å². The molecule has 0 aromatic carbocycles. The van der Waals surface area contributed by atoms with Crippen molar-refractivity contribution in [2.24, 2.45) is 5.92 Å². The molecule has 2 heteroatoms. The standard InChI is InChI=1S/C6H13NS.C2H6/c1-6-2-4-7(8)5-3-6;1-2/h6,8H,2-5H2,1H3;1-2H3. The Morgan fingerprint density at radius 2 is 1.60 bits per heavy atom. The van der Waals surface area contributed by atoms with Gasteiger partial charge in [-0.15, -0.1) is 0 Å². The number of hydrogen-bond acceptors (Lipinski definition) is 2. The van der Waals surface area contributed by atoms with Gasteiger partial charge in [-0.25, -0.2) is 0 Å². The maximum absolute atomic E-state index is 4.24. The van der Waals surface area contributed by atoms with Crippen molar-refractivity contribution in [1.82, 2.24) is 4.31 Å². The van der Waals surface area contributed by atoms with Crippen molar-refractivity contribution >= 4 is 12.8 Å². The van der Waals surface area contributed by atoms with Crippen molar-refractivity contribution < 1.29 is 0 Å². The van der Waals surface area contributed by atoms with Crippen molar-refractivity contribution in [3.8, 4) is 0 Å². The van der Waals surface area contributed by atoms with Crippen molar-refractivity contribution in [2.75, 3.05) is 13.1 Å². The summed E-state index contributed by atoms with van der Waals surface area (Å²) < 4.78 is 2.10. The molecule has 0 radical (unpaired) electrons. The van der Waals surface area contributed by atoms with Gasteiger partial charge < -0.3 is 0 Å². The maximum atomic E-state index is 4.24. The zero-order chi connectivity index (χ0) is 7.98. The molecule has 0 aromatic rings. The fourth-order valence-corrected chi connectivity index (χ4v) is 1.23. The molecular weight excluding hydrogens is 142 g/mol. The van der Waals surface area contributed by atoms with E-state index in [-0.39, 0.29) is 0 Å². The third-order valence-corrected chi connectivity index (χ3v) is 2.16. The minimum Gasteiger partial charge on any atom is -0.253 e. The van der Waals surface area contributed by atoms with Crippen LogP contribution in [0.4, 0.5) is 0 Å². The van der Waals surface area contributed by atoms with Gasteiger partial charge in [0, 0.05) is 13.1 Å². The zero-order valence-corrected chi connectivity index (χ0v) is 8.19. The third kappa shape index (κ3) is 4.18. The van der Waals surface area contributed by atoms with Gasteiger partial charge in [0.15, 0.2) is 0 Å². The minimum atomic E-state index is 0.929. The summed E-state index contributed by atoms with van der Waals surface area (Å²) in [5, 5.41) is 0. The second-order valence-corrected chi connectivity index (χ2v) is 3.20. The average molecular weight is 161 g/mol. The highest BCUT2D eigenvalue weighted by atomic mass is 32.1. The molecule has 1 aliphatic rings. The van der Waals surface area contributed by atoms with Gasteiger partial charge in [0.25, 0.3) is 0 Å². The van der Waals surface area contributed by atoms with E-state index in [9.17, 15) is 0 Å². The Morgan fingerprint density at radius 1 is 1.20 bits per heavy atom. The molecule has 0 atom stereocenters. The van der Waals surface area contributed by atoms with E-state index in [2.05, 4.69) is 24.0 Å². The highest BCUT2D eigenvalue weighted by Gasteiger charge is 2.11. The van der Waals surface area contributed by atoms with Gasteiger partial charge in [-0.2, -0.15) is 0 Å². The van der Waals surface area contributed by atoms with E-state index >= 15 is 0 Å². The van der Waals surface area contributed by atoms with E-state index in [4.69, 9.17) is 0 Å². The molecule has 1 saturated heterocycles. The predicted molar refractivity (Wildman–Crippen MR) is 50.3 cm³/mol. The molecule has 1 nitrogen and oxygen atoms in total. The Labute approximate surface area is 70.3 Å². The highest BCUT2D eigenvalue weighted by Crippen LogP contribution is 2.16. The van der Waals surface area contributed by atoms with E-state index in [1.165, 1.54) is 25.9 Å². The number of nitrogens with zero attached hydrogens (tertiary/aromatic N) is 1. The van der Waals surface area contributed by atoms with Crippen molar-refractivity contribution in [1.29, 1.82) is 0 Å². The number of piperidine rings is 1. The lowest BCUT2D eigenvalue weighted by Gasteiger charge is -2.24. The largest absolute Gasteiger partial charge is 0.253 e. The third-order valence-electron chi connectivity index (χ3n) is 1.76. The van der Waals surface area contributed by atoms with Crippen LogP contribution in [0.1, 0.15) is 33.6 Å². The quantitative estimate of drug-likeness (QED) is 0.534. The normalized spacial score (nSPS) is 21.6. The summed E-state index contributed by atoms with van der Waals surface area (Å²) in [5.41, 5.74) is 0. The summed E-state index contributed by atoms with van der Waals surface area (Å²) in [6.45, 7) is 8.65. The first-order valence-electron chi connectivity index (χ1n) is 4.23. The van der Waals surface area contributed by atoms with Gasteiger partial charge in [0.2, 0.25) is 0 Å². The van der Waals surface area contributed by atoms with Gasteiger partial charge in [0.1, 0.15) is 0 Å². The second-order valence-electron chi connectivity index (χ2n) is 2.64. The lowest BCUT2D eigenvalue weighted by molar-refractivity contribution is 0.311. The monoisotopic (exact) mass is 161 g/mol. The molecular formula is C8H19NS. The van der Waals surface area contributed by atoms with Crippen LogP contribution in [0.3, 0.4) is 0 Å². The molecule has 62 valence electrons. The first kappa shape index (κ1) is 10.3. The SMILES string of the molecule is CC.CC1CCN(S)CC1. The summed E-state index contributed by atoms with van der Waals surface area (Å²) >= 11 is 4.24. The Balaban J connectivity index is 0.000000371. The van der Waals surface area contributed by atoms with Crippen LogP contribution in [0.2, 0.25) is 0 Å². The molecule has 0 amide bonds. The van der Waals surface area contributed by atoms with Gasteiger partial charge in [-0.1, -0.05) is 33.6 Å². The first-order chi connectivity index (χ1) is 4.79.